The molecular formula is C12H22N4O2. The van der Waals surface area contributed by atoms with Crippen LogP contribution in [0.5, 0.6) is 5.75 Å². The predicted molar refractivity (Wildman–Crippen MR) is 72.5 cm³/mol. The van der Waals surface area contributed by atoms with Crippen LogP contribution in [0, 0.1) is 0 Å². The van der Waals surface area contributed by atoms with Crippen LogP contribution >= 0.6 is 0 Å². The first-order valence-electron chi connectivity index (χ1n) is 6.07. The van der Waals surface area contributed by atoms with Gasteiger partial charge in [0.2, 0.25) is 5.75 Å². The predicted octanol–water partition coefficient (Wildman–Crippen LogP) is 1.39. The van der Waals surface area contributed by atoms with Gasteiger partial charge in [0.15, 0.2) is 11.6 Å². The summed E-state index contributed by atoms with van der Waals surface area (Å²) in [6.07, 6.45) is 2.49. The van der Waals surface area contributed by atoms with Crippen molar-refractivity contribution in [1.82, 2.24) is 9.97 Å². The first kappa shape index (κ1) is 14.5. The van der Waals surface area contributed by atoms with Gasteiger partial charge in [0.25, 0.3) is 0 Å². The molecule has 0 unspecified atom stereocenters. The number of aromatic nitrogens is 2. The lowest BCUT2D eigenvalue weighted by Gasteiger charge is -2.21. The number of ether oxygens (including phenoxy) is 2. The van der Waals surface area contributed by atoms with E-state index in [1.807, 2.05) is 18.9 Å². The van der Waals surface area contributed by atoms with Crippen LogP contribution in [0.15, 0.2) is 6.33 Å². The van der Waals surface area contributed by atoms with E-state index in [0.717, 1.165) is 37.8 Å². The third kappa shape index (κ3) is 3.73. The number of nitrogens with one attached hydrogen (secondary N) is 1. The van der Waals surface area contributed by atoms with Gasteiger partial charge in [-0.2, -0.15) is 0 Å². The van der Waals surface area contributed by atoms with Gasteiger partial charge in [-0.05, 0) is 13.3 Å². The van der Waals surface area contributed by atoms with Crippen LogP contribution in [-0.4, -0.2) is 50.9 Å². The quantitative estimate of drug-likeness (QED) is 0.707. The van der Waals surface area contributed by atoms with Crippen LogP contribution in [-0.2, 0) is 4.74 Å². The van der Waals surface area contributed by atoms with E-state index in [0.29, 0.717) is 5.75 Å². The van der Waals surface area contributed by atoms with Crippen LogP contribution in [0.2, 0.25) is 0 Å². The van der Waals surface area contributed by atoms with Gasteiger partial charge in [-0.3, -0.25) is 0 Å². The maximum Gasteiger partial charge on any atom is 0.204 e. The minimum Gasteiger partial charge on any atom is -0.490 e. The second kappa shape index (κ2) is 7.71. The van der Waals surface area contributed by atoms with Gasteiger partial charge in [0.05, 0.1) is 7.11 Å². The minimum absolute atomic E-state index is 0.680. The molecule has 18 heavy (non-hydrogen) atoms. The lowest BCUT2D eigenvalue weighted by Crippen LogP contribution is -2.22. The highest BCUT2D eigenvalue weighted by Gasteiger charge is 2.14. The Morgan fingerprint density at radius 2 is 2.11 bits per heavy atom. The Hall–Kier alpha value is -1.56. The van der Waals surface area contributed by atoms with Crippen molar-refractivity contribution in [3.63, 3.8) is 0 Å². The van der Waals surface area contributed by atoms with E-state index in [2.05, 4.69) is 15.3 Å². The Morgan fingerprint density at radius 3 is 2.72 bits per heavy atom. The maximum absolute atomic E-state index is 5.40. The normalized spacial score (nSPS) is 10.2. The highest BCUT2D eigenvalue weighted by Crippen LogP contribution is 2.30. The first-order valence-corrected chi connectivity index (χ1v) is 6.07. The SMILES string of the molecule is CCNc1ncnc(N(C)CCCOC)c1OC. The molecule has 0 aliphatic carbocycles. The van der Waals surface area contributed by atoms with Crippen molar-refractivity contribution in [3.05, 3.63) is 6.33 Å². The van der Waals surface area contributed by atoms with Crippen LogP contribution in [0.3, 0.4) is 0 Å². The number of methoxy groups -OCH3 is 2. The van der Waals surface area contributed by atoms with E-state index >= 15 is 0 Å². The summed E-state index contributed by atoms with van der Waals surface area (Å²) in [7, 11) is 5.32. The Balaban J connectivity index is 2.82. The Kier molecular flexibility index (Phi) is 6.21. The largest absolute Gasteiger partial charge is 0.490 e. The number of anilines is 2. The van der Waals surface area contributed by atoms with Crippen molar-refractivity contribution in [1.29, 1.82) is 0 Å². The van der Waals surface area contributed by atoms with Gasteiger partial charge < -0.3 is 19.7 Å². The molecule has 1 aromatic rings. The standard InChI is InChI=1S/C12H22N4O2/c1-5-13-11-10(18-4)12(15-9-14-11)16(2)7-6-8-17-3/h9H,5-8H2,1-4H3,(H,13,14,15). The highest BCUT2D eigenvalue weighted by atomic mass is 16.5. The molecule has 6 nitrogen and oxygen atoms in total. The van der Waals surface area contributed by atoms with Gasteiger partial charge in [-0.1, -0.05) is 0 Å². The molecule has 0 saturated heterocycles. The first-order chi connectivity index (χ1) is 8.74. The van der Waals surface area contributed by atoms with Crippen molar-refractivity contribution in [2.75, 3.05) is 51.2 Å². The maximum atomic E-state index is 5.40. The molecule has 0 amide bonds. The van der Waals surface area contributed by atoms with E-state index in [9.17, 15) is 0 Å². The fourth-order valence-corrected chi connectivity index (χ4v) is 1.67. The molecule has 0 fully saturated rings. The lowest BCUT2D eigenvalue weighted by atomic mass is 10.3. The van der Waals surface area contributed by atoms with Gasteiger partial charge >= 0.3 is 0 Å². The Bertz CT molecular complexity index is 360. The van der Waals surface area contributed by atoms with Gasteiger partial charge in [0.1, 0.15) is 6.33 Å². The molecule has 102 valence electrons. The molecule has 0 spiro atoms. The van der Waals surface area contributed by atoms with Gasteiger partial charge in [-0.15, -0.1) is 0 Å². The number of rotatable bonds is 8. The van der Waals surface area contributed by atoms with Crippen molar-refractivity contribution < 1.29 is 9.47 Å². The zero-order valence-electron chi connectivity index (χ0n) is 11.6. The van der Waals surface area contributed by atoms with Crippen LogP contribution in [0.4, 0.5) is 11.6 Å². The molecule has 0 saturated carbocycles. The molecule has 1 N–H and O–H groups in total. The molecule has 1 rings (SSSR count). The van der Waals surface area contributed by atoms with E-state index in [4.69, 9.17) is 9.47 Å². The fraction of sp³-hybridized carbons (Fsp3) is 0.667. The average Bonchev–Trinajstić information content (AvgIpc) is 2.39. The second-order valence-corrected chi connectivity index (χ2v) is 3.88. The summed E-state index contributed by atoms with van der Waals surface area (Å²) in [5.74, 6) is 2.20. The third-order valence-electron chi connectivity index (χ3n) is 2.54. The molecule has 0 atom stereocenters. The van der Waals surface area contributed by atoms with E-state index < -0.39 is 0 Å². The Labute approximate surface area is 108 Å². The summed E-state index contributed by atoms with van der Waals surface area (Å²) >= 11 is 0. The summed E-state index contributed by atoms with van der Waals surface area (Å²) < 4.78 is 10.4. The average molecular weight is 254 g/mol. The third-order valence-corrected chi connectivity index (χ3v) is 2.54. The van der Waals surface area contributed by atoms with E-state index in [1.54, 1.807) is 20.5 Å². The highest BCUT2D eigenvalue weighted by molar-refractivity contribution is 5.64. The Morgan fingerprint density at radius 1 is 1.33 bits per heavy atom. The van der Waals surface area contributed by atoms with Gasteiger partial charge in [0, 0.05) is 33.9 Å². The zero-order chi connectivity index (χ0) is 13.4. The molecular weight excluding hydrogens is 232 g/mol. The van der Waals surface area contributed by atoms with Crippen LogP contribution < -0.4 is 15.0 Å². The molecule has 6 heteroatoms. The summed E-state index contributed by atoms with van der Waals surface area (Å²) in [5.41, 5.74) is 0. The molecule has 0 bridgehead atoms. The van der Waals surface area contributed by atoms with Crippen LogP contribution in [0.1, 0.15) is 13.3 Å². The summed E-state index contributed by atoms with van der Waals surface area (Å²) in [4.78, 5) is 10.5. The molecule has 0 aliphatic rings. The number of hydrogen-bond acceptors (Lipinski definition) is 6. The fourth-order valence-electron chi connectivity index (χ4n) is 1.67. The molecule has 0 aliphatic heterocycles. The van der Waals surface area contributed by atoms with Gasteiger partial charge in [-0.25, -0.2) is 9.97 Å². The smallest absolute Gasteiger partial charge is 0.204 e. The minimum atomic E-state index is 0.680. The van der Waals surface area contributed by atoms with Crippen LogP contribution in [0.25, 0.3) is 0 Å². The number of nitrogens with zero attached hydrogens (tertiary/aromatic N) is 3. The van der Waals surface area contributed by atoms with E-state index in [-0.39, 0.29) is 0 Å². The molecule has 0 aromatic carbocycles. The number of hydrogen-bond donors (Lipinski definition) is 1. The second-order valence-electron chi connectivity index (χ2n) is 3.88. The zero-order valence-corrected chi connectivity index (χ0v) is 11.6. The molecule has 1 heterocycles. The summed E-state index contributed by atoms with van der Waals surface area (Å²) in [6, 6.07) is 0. The topological polar surface area (TPSA) is 59.5 Å². The monoisotopic (exact) mass is 254 g/mol. The van der Waals surface area contributed by atoms with Crippen molar-refractivity contribution in [2.24, 2.45) is 0 Å². The summed E-state index contributed by atoms with van der Waals surface area (Å²) in [6.45, 7) is 4.40. The van der Waals surface area contributed by atoms with Crippen molar-refractivity contribution in [3.8, 4) is 5.75 Å². The van der Waals surface area contributed by atoms with Crippen molar-refractivity contribution >= 4 is 11.6 Å². The molecule has 0 radical (unpaired) electrons. The van der Waals surface area contributed by atoms with E-state index in [1.165, 1.54) is 0 Å². The van der Waals surface area contributed by atoms with Crippen molar-refractivity contribution in [2.45, 2.75) is 13.3 Å². The molecule has 1 aromatic heterocycles. The summed E-state index contributed by atoms with van der Waals surface area (Å²) in [5, 5.41) is 3.16. The lowest BCUT2D eigenvalue weighted by molar-refractivity contribution is 0.196.